The van der Waals surface area contributed by atoms with Gasteiger partial charge in [-0.25, -0.2) is 5.48 Å². The molecule has 0 saturated carbocycles. The van der Waals surface area contributed by atoms with E-state index >= 15 is 0 Å². The monoisotopic (exact) mass is 145 g/mol. The second-order valence-corrected chi connectivity index (χ2v) is 2.45. The molecule has 0 aromatic carbocycles. The summed E-state index contributed by atoms with van der Waals surface area (Å²) in [5, 5.41) is 0. The molecule has 1 atom stereocenters. The summed E-state index contributed by atoms with van der Waals surface area (Å²) < 4.78 is 0. The van der Waals surface area contributed by atoms with Gasteiger partial charge in [0.15, 0.2) is 0 Å². The second-order valence-electron chi connectivity index (χ2n) is 2.45. The molecule has 0 rings (SSSR count). The molecule has 1 N–H and O–H groups in total. The predicted octanol–water partition coefficient (Wildman–Crippen LogP) is 1.10. The number of hydrogen-bond donors (Lipinski definition) is 1. The molecule has 0 saturated heterocycles. The van der Waals surface area contributed by atoms with Crippen molar-refractivity contribution in [2.24, 2.45) is 5.92 Å². The lowest BCUT2D eigenvalue weighted by Crippen LogP contribution is -2.23. The van der Waals surface area contributed by atoms with Gasteiger partial charge < -0.3 is 0 Å². The molecule has 10 heavy (non-hydrogen) atoms. The zero-order chi connectivity index (χ0) is 7.98. The Kier molecular flexibility index (Phi) is 4.94. The highest BCUT2D eigenvalue weighted by Crippen LogP contribution is 2.04. The van der Waals surface area contributed by atoms with Gasteiger partial charge in [0, 0.05) is 6.42 Å². The Morgan fingerprint density at radius 1 is 1.70 bits per heavy atom. The average molecular weight is 145 g/mol. The SMILES string of the molecule is CCC(C)CC(=O)NOC. The Labute approximate surface area is 61.7 Å². The lowest BCUT2D eigenvalue weighted by molar-refractivity contribution is -0.132. The number of nitrogens with one attached hydrogen (secondary N) is 1. The molecule has 0 spiro atoms. The van der Waals surface area contributed by atoms with Crippen LogP contribution in [0.25, 0.3) is 0 Å². The fourth-order valence-corrected chi connectivity index (χ4v) is 0.616. The van der Waals surface area contributed by atoms with Crippen LogP contribution in [0.5, 0.6) is 0 Å². The van der Waals surface area contributed by atoms with E-state index in [4.69, 9.17) is 0 Å². The van der Waals surface area contributed by atoms with Crippen molar-refractivity contribution in [2.45, 2.75) is 26.7 Å². The van der Waals surface area contributed by atoms with Crippen LogP contribution in [0.1, 0.15) is 26.7 Å². The van der Waals surface area contributed by atoms with Gasteiger partial charge in [0.05, 0.1) is 7.11 Å². The quantitative estimate of drug-likeness (QED) is 0.601. The van der Waals surface area contributed by atoms with Crippen molar-refractivity contribution in [3.63, 3.8) is 0 Å². The molecule has 0 bridgehead atoms. The fourth-order valence-electron chi connectivity index (χ4n) is 0.616. The van der Waals surface area contributed by atoms with Crippen LogP contribution in [-0.2, 0) is 9.63 Å². The molecule has 0 aliphatic heterocycles. The number of hydroxylamine groups is 1. The first-order valence-corrected chi connectivity index (χ1v) is 3.52. The third-order valence-corrected chi connectivity index (χ3v) is 1.45. The van der Waals surface area contributed by atoms with Gasteiger partial charge in [-0.05, 0) is 5.92 Å². The van der Waals surface area contributed by atoms with E-state index in [0.29, 0.717) is 12.3 Å². The average Bonchev–Trinajstić information content (AvgIpc) is 1.88. The maximum Gasteiger partial charge on any atom is 0.243 e. The standard InChI is InChI=1S/C7H15NO2/c1-4-6(2)5-7(9)8-10-3/h6H,4-5H2,1-3H3,(H,8,9). The molecule has 60 valence electrons. The number of rotatable bonds is 4. The summed E-state index contributed by atoms with van der Waals surface area (Å²) in [6, 6.07) is 0. The highest BCUT2D eigenvalue weighted by molar-refractivity contribution is 5.74. The van der Waals surface area contributed by atoms with Crippen molar-refractivity contribution >= 4 is 5.91 Å². The summed E-state index contributed by atoms with van der Waals surface area (Å²) in [4.78, 5) is 15.2. The number of carbonyl (C=O) groups is 1. The molecular formula is C7H15NO2. The Morgan fingerprint density at radius 3 is 2.70 bits per heavy atom. The summed E-state index contributed by atoms with van der Waals surface area (Å²) in [7, 11) is 1.44. The number of hydrogen-bond acceptors (Lipinski definition) is 2. The second kappa shape index (κ2) is 5.23. The number of amides is 1. The Morgan fingerprint density at radius 2 is 2.30 bits per heavy atom. The molecule has 0 aromatic heterocycles. The van der Waals surface area contributed by atoms with Crippen LogP contribution < -0.4 is 5.48 Å². The van der Waals surface area contributed by atoms with E-state index in [2.05, 4.69) is 17.2 Å². The van der Waals surface area contributed by atoms with Crippen LogP contribution >= 0.6 is 0 Å². The van der Waals surface area contributed by atoms with Crippen molar-refractivity contribution in [2.75, 3.05) is 7.11 Å². The van der Waals surface area contributed by atoms with Gasteiger partial charge in [-0.3, -0.25) is 9.63 Å². The molecule has 0 heterocycles. The van der Waals surface area contributed by atoms with Crippen molar-refractivity contribution in [1.82, 2.24) is 5.48 Å². The first-order valence-electron chi connectivity index (χ1n) is 3.52. The molecule has 1 unspecified atom stereocenters. The van der Waals surface area contributed by atoms with Crippen LogP contribution in [0.3, 0.4) is 0 Å². The Bertz CT molecular complexity index is 104. The van der Waals surface area contributed by atoms with Gasteiger partial charge in [0.25, 0.3) is 0 Å². The largest absolute Gasteiger partial charge is 0.277 e. The van der Waals surface area contributed by atoms with Gasteiger partial charge in [-0.15, -0.1) is 0 Å². The molecule has 3 heteroatoms. The lowest BCUT2D eigenvalue weighted by atomic mass is 10.1. The van der Waals surface area contributed by atoms with Gasteiger partial charge in [-0.2, -0.15) is 0 Å². The van der Waals surface area contributed by atoms with Crippen LogP contribution in [0, 0.1) is 5.92 Å². The molecule has 0 fully saturated rings. The van der Waals surface area contributed by atoms with Crippen LogP contribution in [0.4, 0.5) is 0 Å². The van der Waals surface area contributed by atoms with E-state index in [1.54, 1.807) is 0 Å². The van der Waals surface area contributed by atoms with Crippen LogP contribution in [0.15, 0.2) is 0 Å². The van der Waals surface area contributed by atoms with E-state index in [1.165, 1.54) is 7.11 Å². The van der Waals surface area contributed by atoms with Crippen molar-refractivity contribution in [1.29, 1.82) is 0 Å². The summed E-state index contributed by atoms with van der Waals surface area (Å²) >= 11 is 0. The van der Waals surface area contributed by atoms with Gasteiger partial charge in [0.2, 0.25) is 5.91 Å². The van der Waals surface area contributed by atoms with Crippen LogP contribution in [0.2, 0.25) is 0 Å². The maximum atomic E-state index is 10.8. The Balaban J connectivity index is 3.37. The van der Waals surface area contributed by atoms with Crippen molar-refractivity contribution < 1.29 is 9.63 Å². The summed E-state index contributed by atoms with van der Waals surface area (Å²) in [5.41, 5.74) is 2.27. The van der Waals surface area contributed by atoms with Crippen molar-refractivity contribution in [3.8, 4) is 0 Å². The zero-order valence-electron chi connectivity index (χ0n) is 6.81. The molecular weight excluding hydrogens is 130 g/mol. The molecule has 0 radical (unpaired) electrons. The molecule has 1 amide bonds. The Hall–Kier alpha value is -0.570. The van der Waals surface area contributed by atoms with Crippen molar-refractivity contribution in [3.05, 3.63) is 0 Å². The topological polar surface area (TPSA) is 38.3 Å². The lowest BCUT2D eigenvalue weighted by Gasteiger charge is -2.06. The highest BCUT2D eigenvalue weighted by atomic mass is 16.6. The number of carbonyl (C=O) groups excluding carboxylic acids is 1. The summed E-state index contributed by atoms with van der Waals surface area (Å²) in [6.45, 7) is 4.10. The van der Waals surface area contributed by atoms with E-state index in [0.717, 1.165) is 6.42 Å². The first-order chi connectivity index (χ1) is 4.70. The highest BCUT2D eigenvalue weighted by Gasteiger charge is 2.05. The third-order valence-electron chi connectivity index (χ3n) is 1.45. The smallest absolute Gasteiger partial charge is 0.243 e. The van der Waals surface area contributed by atoms with E-state index < -0.39 is 0 Å². The predicted molar refractivity (Wildman–Crippen MR) is 39.2 cm³/mol. The maximum absolute atomic E-state index is 10.8. The molecule has 0 aliphatic rings. The third kappa shape index (κ3) is 4.32. The molecule has 0 aliphatic carbocycles. The molecule has 0 aromatic rings. The minimum Gasteiger partial charge on any atom is -0.277 e. The molecule has 3 nitrogen and oxygen atoms in total. The normalized spacial score (nSPS) is 12.7. The van der Waals surface area contributed by atoms with Crippen LogP contribution in [-0.4, -0.2) is 13.0 Å². The van der Waals surface area contributed by atoms with Gasteiger partial charge in [0.1, 0.15) is 0 Å². The van der Waals surface area contributed by atoms with E-state index in [-0.39, 0.29) is 5.91 Å². The van der Waals surface area contributed by atoms with E-state index in [1.807, 2.05) is 6.92 Å². The van der Waals surface area contributed by atoms with Gasteiger partial charge >= 0.3 is 0 Å². The minimum absolute atomic E-state index is 0.0446. The fraction of sp³-hybridized carbons (Fsp3) is 0.857. The summed E-state index contributed by atoms with van der Waals surface area (Å²) in [5.74, 6) is 0.395. The van der Waals surface area contributed by atoms with Gasteiger partial charge in [-0.1, -0.05) is 20.3 Å². The summed E-state index contributed by atoms with van der Waals surface area (Å²) in [6.07, 6.45) is 1.57. The first kappa shape index (κ1) is 9.43. The minimum atomic E-state index is -0.0446. The van der Waals surface area contributed by atoms with E-state index in [9.17, 15) is 4.79 Å². The zero-order valence-corrected chi connectivity index (χ0v) is 6.81.